The van der Waals surface area contributed by atoms with Crippen molar-refractivity contribution in [1.29, 1.82) is 10.5 Å². The van der Waals surface area contributed by atoms with Crippen LogP contribution in [0.1, 0.15) is 55.6 Å². The molecule has 0 atom stereocenters. The molecule has 3 nitrogen and oxygen atoms in total. The van der Waals surface area contributed by atoms with E-state index in [-0.39, 0.29) is 5.60 Å². The van der Waals surface area contributed by atoms with Gasteiger partial charge in [0.25, 0.3) is 0 Å². The van der Waals surface area contributed by atoms with Crippen molar-refractivity contribution in [1.82, 2.24) is 0 Å². The summed E-state index contributed by atoms with van der Waals surface area (Å²) in [5, 5.41) is 17.3. The van der Waals surface area contributed by atoms with Gasteiger partial charge in [0.2, 0.25) is 0 Å². The van der Waals surface area contributed by atoms with Crippen molar-refractivity contribution < 1.29 is 9.13 Å². The van der Waals surface area contributed by atoms with Crippen LogP contribution in [-0.4, -0.2) is 12.7 Å². The van der Waals surface area contributed by atoms with Crippen LogP contribution < -0.4 is 0 Å². The van der Waals surface area contributed by atoms with Crippen LogP contribution in [0.3, 0.4) is 0 Å². The summed E-state index contributed by atoms with van der Waals surface area (Å²) in [6, 6.07) is 11.5. The van der Waals surface area contributed by atoms with Gasteiger partial charge >= 0.3 is 0 Å². The zero-order chi connectivity index (χ0) is 18.1. The van der Waals surface area contributed by atoms with Gasteiger partial charge in [-0.05, 0) is 68.2 Å². The van der Waals surface area contributed by atoms with Gasteiger partial charge in [-0.15, -0.1) is 0 Å². The number of allylic oxidation sites excluding steroid dienone is 4. The molecule has 0 spiro atoms. The molecule has 0 aliphatic heterocycles. The highest BCUT2D eigenvalue weighted by Gasteiger charge is 2.34. The first-order valence-electron chi connectivity index (χ1n) is 8.60. The highest BCUT2D eigenvalue weighted by molar-refractivity contribution is 5.33. The summed E-state index contributed by atoms with van der Waals surface area (Å²) in [4.78, 5) is 0. The number of rotatable bonds is 6. The molecule has 0 unspecified atom stereocenters. The van der Waals surface area contributed by atoms with Gasteiger partial charge in [-0.25, -0.2) is 0 Å². The lowest BCUT2D eigenvalue weighted by molar-refractivity contribution is -0.0483. The highest BCUT2D eigenvalue weighted by atomic mass is 19.1. The molecule has 0 radical (unpaired) electrons. The van der Waals surface area contributed by atoms with Crippen molar-refractivity contribution in [2.75, 3.05) is 7.11 Å². The molecule has 1 saturated carbocycles. The Morgan fingerprint density at radius 3 is 2.52 bits per heavy atom. The smallest absolute Gasteiger partial charge is 0.199 e. The van der Waals surface area contributed by atoms with Crippen LogP contribution in [0.5, 0.6) is 0 Å². The van der Waals surface area contributed by atoms with E-state index in [1.54, 1.807) is 13.2 Å². The van der Waals surface area contributed by atoms with E-state index < -0.39 is 5.83 Å². The number of nitrogens with zero attached hydrogens (tertiary/aromatic N) is 2. The maximum atomic E-state index is 12.7. The Hall–Kier alpha value is -2.43. The van der Waals surface area contributed by atoms with E-state index in [2.05, 4.69) is 18.2 Å². The van der Waals surface area contributed by atoms with Crippen LogP contribution in [0.4, 0.5) is 4.39 Å². The van der Waals surface area contributed by atoms with Crippen LogP contribution in [0, 0.1) is 22.7 Å². The van der Waals surface area contributed by atoms with Gasteiger partial charge in [-0.3, -0.25) is 0 Å². The first-order chi connectivity index (χ1) is 12.1. The minimum absolute atomic E-state index is 0.120. The van der Waals surface area contributed by atoms with Gasteiger partial charge in [0.1, 0.15) is 6.07 Å². The van der Waals surface area contributed by atoms with E-state index in [9.17, 15) is 4.39 Å². The minimum atomic E-state index is -0.777. The van der Waals surface area contributed by atoms with Crippen LogP contribution in [0.2, 0.25) is 0 Å². The Labute approximate surface area is 149 Å². The molecule has 1 fully saturated rings. The lowest BCUT2D eigenvalue weighted by atomic mass is 9.74. The Bertz CT molecular complexity index is 699. The van der Waals surface area contributed by atoms with E-state index in [4.69, 9.17) is 15.3 Å². The predicted octanol–water partition coefficient (Wildman–Crippen LogP) is 5.31. The fraction of sp³-hybridized carbons (Fsp3) is 0.429. The quantitative estimate of drug-likeness (QED) is 0.521. The zero-order valence-corrected chi connectivity index (χ0v) is 14.5. The molecule has 25 heavy (non-hydrogen) atoms. The lowest BCUT2D eigenvalue weighted by Crippen LogP contribution is -2.35. The molecule has 1 aliphatic rings. The molecule has 0 heterocycles. The topological polar surface area (TPSA) is 56.8 Å². The first-order valence-corrected chi connectivity index (χ1v) is 8.60. The van der Waals surface area contributed by atoms with E-state index in [1.165, 1.54) is 17.7 Å². The van der Waals surface area contributed by atoms with Crippen LogP contribution in [-0.2, 0) is 4.74 Å². The van der Waals surface area contributed by atoms with Crippen molar-refractivity contribution in [2.45, 2.75) is 50.0 Å². The summed E-state index contributed by atoms with van der Waals surface area (Å²) >= 11 is 0. The number of benzene rings is 1. The number of halogens is 1. The summed E-state index contributed by atoms with van der Waals surface area (Å²) in [5.41, 5.74) is 1.87. The minimum Gasteiger partial charge on any atom is -0.378 e. The average molecular weight is 338 g/mol. The van der Waals surface area contributed by atoms with Gasteiger partial charge in [-0.1, -0.05) is 24.3 Å². The second-order valence-corrected chi connectivity index (χ2v) is 6.49. The third kappa shape index (κ3) is 5.28. The lowest BCUT2D eigenvalue weighted by Gasteiger charge is -2.39. The maximum absolute atomic E-state index is 12.7. The molecule has 0 saturated heterocycles. The zero-order valence-electron chi connectivity index (χ0n) is 14.5. The molecule has 0 bridgehead atoms. The van der Waals surface area contributed by atoms with Gasteiger partial charge in [0.05, 0.1) is 17.2 Å². The van der Waals surface area contributed by atoms with Crippen molar-refractivity contribution in [3.63, 3.8) is 0 Å². The fourth-order valence-electron chi connectivity index (χ4n) is 3.50. The maximum Gasteiger partial charge on any atom is 0.199 e. The SMILES string of the molecule is COC1(CCC=CC=C(F)C#N)CCC(c2ccc(C#N)cc2)CC1. The Balaban J connectivity index is 1.88. The first kappa shape index (κ1) is 18.9. The van der Waals surface area contributed by atoms with E-state index in [0.717, 1.165) is 38.5 Å². The molecular weight excluding hydrogens is 315 g/mol. The van der Waals surface area contributed by atoms with Gasteiger partial charge < -0.3 is 4.74 Å². The second-order valence-electron chi connectivity index (χ2n) is 6.49. The monoisotopic (exact) mass is 338 g/mol. The summed E-state index contributed by atoms with van der Waals surface area (Å²) in [7, 11) is 1.76. The molecule has 0 amide bonds. The molecule has 1 aromatic carbocycles. The molecule has 4 heteroatoms. The summed E-state index contributed by atoms with van der Waals surface area (Å²) in [6.45, 7) is 0. The largest absolute Gasteiger partial charge is 0.378 e. The number of hydrogen-bond acceptors (Lipinski definition) is 3. The summed E-state index contributed by atoms with van der Waals surface area (Å²) in [5.74, 6) is -0.264. The van der Waals surface area contributed by atoms with Gasteiger partial charge in [-0.2, -0.15) is 14.9 Å². The number of hydrogen-bond donors (Lipinski definition) is 0. The molecule has 1 aromatic rings. The van der Waals surface area contributed by atoms with Crippen molar-refractivity contribution in [2.24, 2.45) is 0 Å². The third-order valence-electron chi connectivity index (χ3n) is 5.09. The second kappa shape index (κ2) is 9.16. The molecular formula is C21H23FN2O. The van der Waals surface area contributed by atoms with Crippen LogP contribution in [0.25, 0.3) is 0 Å². The summed E-state index contributed by atoms with van der Waals surface area (Å²) in [6.07, 6.45) is 10.4. The van der Waals surface area contributed by atoms with Crippen molar-refractivity contribution in [3.8, 4) is 12.1 Å². The standard InChI is InChI=1S/C21H23FN2O/c1-25-21(12-4-2-3-5-20(22)16-24)13-10-19(11-14-21)18-8-6-17(15-23)7-9-18/h2-3,5-9,19H,4,10-14H2,1H3. The molecule has 0 N–H and O–H groups in total. The van der Waals surface area contributed by atoms with Crippen molar-refractivity contribution in [3.05, 3.63) is 59.4 Å². The fourth-order valence-corrected chi connectivity index (χ4v) is 3.50. The average Bonchev–Trinajstić information content (AvgIpc) is 2.68. The number of ether oxygens (including phenoxy) is 1. The highest BCUT2D eigenvalue weighted by Crippen LogP contribution is 2.42. The Kier molecular flexibility index (Phi) is 6.92. The third-order valence-corrected chi connectivity index (χ3v) is 5.09. The van der Waals surface area contributed by atoms with Crippen LogP contribution in [0.15, 0.2) is 48.3 Å². The normalized spacial score (nSPS) is 24.0. The summed E-state index contributed by atoms with van der Waals surface area (Å²) < 4.78 is 18.5. The van der Waals surface area contributed by atoms with E-state index in [0.29, 0.717) is 11.5 Å². The molecule has 130 valence electrons. The van der Waals surface area contributed by atoms with Gasteiger partial charge in [0, 0.05) is 7.11 Å². The van der Waals surface area contributed by atoms with Crippen molar-refractivity contribution >= 4 is 0 Å². The Morgan fingerprint density at radius 1 is 1.28 bits per heavy atom. The number of methoxy groups -OCH3 is 1. The van der Waals surface area contributed by atoms with Gasteiger partial charge in [0.15, 0.2) is 5.83 Å². The number of nitriles is 2. The van der Waals surface area contributed by atoms with E-state index >= 15 is 0 Å². The van der Waals surface area contributed by atoms with E-state index in [1.807, 2.05) is 18.2 Å². The predicted molar refractivity (Wildman–Crippen MR) is 95.3 cm³/mol. The molecule has 1 aliphatic carbocycles. The Morgan fingerprint density at radius 2 is 1.96 bits per heavy atom. The molecule has 0 aromatic heterocycles. The molecule has 2 rings (SSSR count). The van der Waals surface area contributed by atoms with Crippen LogP contribution >= 0.6 is 0 Å².